The molecule has 0 aliphatic heterocycles. The predicted molar refractivity (Wildman–Crippen MR) is 225 cm³/mol. The molecule has 4 aliphatic rings. The van der Waals surface area contributed by atoms with Gasteiger partial charge in [0.25, 0.3) is 0 Å². The van der Waals surface area contributed by atoms with Crippen LogP contribution in [0.3, 0.4) is 0 Å². The van der Waals surface area contributed by atoms with E-state index in [9.17, 15) is 24.3 Å². The average Bonchev–Trinajstić information content (AvgIpc) is 3.03. The van der Waals surface area contributed by atoms with Crippen molar-refractivity contribution in [3.8, 4) is 0 Å². The van der Waals surface area contributed by atoms with Gasteiger partial charge in [-0.15, -0.1) is 0 Å². The van der Waals surface area contributed by atoms with Crippen molar-refractivity contribution in [3.05, 3.63) is 24.3 Å². The van der Waals surface area contributed by atoms with E-state index in [1.54, 1.807) is 0 Å². The third-order valence-corrected chi connectivity index (χ3v) is 13.7. The van der Waals surface area contributed by atoms with Crippen LogP contribution >= 0.6 is 0 Å². The summed E-state index contributed by atoms with van der Waals surface area (Å²) in [7, 11) is 0. The van der Waals surface area contributed by atoms with E-state index >= 15 is 0 Å². The van der Waals surface area contributed by atoms with Gasteiger partial charge in [0.05, 0.1) is 11.8 Å². The molecule has 0 aromatic rings. The molecular weight excluding hydrogens is 673 g/mol. The van der Waals surface area contributed by atoms with E-state index in [0.717, 1.165) is 63.2 Å². The van der Waals surface area contributed by atoms with Crippen molar-refractivity contribution in [2.24, 2.45) is 80.8 Å². The Morgan fingerprint density at radius 2 is 0.852 bits per heavy atom. The van der Waals surface area contributed by atoms with Gasteiger partial charge in [0.15, 0.2) is 0 Å². The molecule has 0 spiro atoms. The zero-order valence-electron chi connectivity index (χ0n) is 37.4. The maximum atomic E-state index is 11.2. The van der Waals surface area contributed by atoms with Gasteiger partial charge in [0.2, 0.25) is 0 Å². The third-order valence-electron chi connectivity index (χ3n) is 13.7. The van der Waals surface area contributed by atoms with Crippen molar-refractivity contribution in [1.82, 2.24) is 0 Å². The first-order valence-corrected chi connectivity index (χ1v) is 21.3. The summed E-state index contributed by atoms with van der Waals surface area (Å²) in [5, 5.41) is 18.3. The van der Waals surface area contributed by atoms with E-state index in [4.69, 9.17) is 5.11 Å². The molecule has 4 aliphatic carbocycles. The van der Waals surface area contributed by atoms with Gasteiger partial charge in [0, 0.05) is 11.8 Å². The number of aldehydes is 2. The number of carbonyl (C=O) groups excluding carboxylic acids is 2. The minimum Gasteiger partial charge on any atom is -0.481 e. The van der Waals surface area contributed by atoms with Crippen LogP contribution < -0.4 is 0 Å². The maximum absolute atomic E-state index is 11.2. The first-order valence-electron chi connectivity index (χ1n) is 21.3. The number of hydrogen-bond donors (Lipinski definition) is 2. The van der Waals surface area contributed by atoms with E-state index in [0.29, 0.717) is 46.3 Å². The molecule has 54 heavy (non-hydrogen) atoms. The SMILES string of the molecule is C=C(C)C1CCC(C)(C)CC1C(=O)O.C=C(C)C1CCC(C)(C)CC1C=O.CC(C)C1CCC(C)(C)CC1C(=O)O.CC(C)C1CCC(C)(C)CC1C=O. The van der Waals surface area contributed by atoms with Crippen LogP contribution in [0.15, 0.2) is 24.3 Å². The molecular formula is C48H84O6. The van der Waals surface area contributed by atoms with Crippen molar-refractivity contribution in [1.29, 1.82) is 0 Å². The molecule has 0 amide bonds. The van der Waals surface area contributed by atoms with Gasteiger partial charge in [0.1, 0.15) is 12.6 Å². The normalized spacial score (nSPS) is 32.1. The van der Waals surface area contributed by atoms with Crippen LogP contribution in [0.1, 0.15) is 174 Å². The molecule has 0 aromatic carbocycles. The second kappa shape index (κ2) is 20.8. The number of carbonyl (C=O) groups is 4. The minimum atomic E-state index is -0.661. The Hall–Kier alpha value is -2.24. The monoisotopic (exact) mass is 757 g/mol. The Morgan fingerprint density at radius 1 is 0.519 bits per heavy atom. The first kappa shape index (κ1) is 49.8. The quantitative estimate of drug-likeness (QED) is 0.188. The summed E-state index contributed by atoms with van der Waals surface area (Å²) in [4.78, 5) is 44.2. The van der Waals surface area contributed by atoms with Crippen LogP contribution in [0.4, 0.5) is 0 Å². The second-order valence-electron chi connectivity index (χ2n) is 21.8. The molecule has 2 N–H and O–H groups in total. The fraction of sp³-hybridized carbons (Fsp3) is 0.833. The number of allylic oxidation sites excluding steroid dienone is 2. The van der Waals surface area contributed by atoms with Crippen LogP contribution in [0.5, 0.6) is 0 Å². The van der Waals surface area contributed by atoms with E-state index in [-0.39, 0.29) is 34.5 Å². The third kappa shape index (κ3) is 16.1. The standard InChI is InChI=1S/C12H22O2.C12H20O2.C12H22O.C12H20O/c2*1-8(2)9-5-6-12(3,4)7-10(9)11(13)14;2*1-9(2)11-5-6-12(3,4)7-10(11)8-13/h8-10H,5-7H2,1-4H3,(H,13,14);9-10H,1,5-7H2,2-4H3,(H,13,14);8-11H,5-7H2,1-4H3;8,10-11H,1,5-7H2,2-4H3. The van der Waals surface area contributed by atoms with Crippen molar-refractivity contribution >= 4 is 24.5 Å². The zero-order valence-corrected chi connectivity index (χ0v) is 37.4. The minimum absolute atomic E-state index is 0.126. The first-order chi connectivity index (χ1) is 24.6. The Labute approximate surface area is 332 Å². The number of carboxylic acids is 2. The summed E-state index contributed by atoms with van der Waals surface area (Å²) in [5.41, 5.74) is 3.32. The largest absolute Gasteiger partial charge is 0.481 e. The maximum Gasteiger partial charge on any atom is 0.307 e. The smallest absolute Gasteiger partial charge is 0.307 e. The fourth-order valence-electron chi connectivity index (χ4n) is 10.1. The molecule has 4 saturated carbocycles. The van der Waals surface area contributed by atoms with Crippen LogP contribution in [-0.4, -0.2) is 34.7 Å². The molecule has 8 atom stereocenters. The lowest BCUT2D eigenvalue weighted by Gasteiger charge is -2.40. The highest BCUT2D eigenvalue weighted by atomic mass is 16.4. The van der Waals surface area contributed by atoms with Gasteiger partial charge in [-0.05, 0) is 148 Å². The molecule has 0 saturated heterocycles. The summed E-state index contributed by atoms with van der Waals surface area (Å²) in [6, 6.07) is 0. The summed E-state index contributed by atoms with van der Waals surface area (Å²) in [5.74, 6) is 1.68. The van der Waals surface area contributed by atoms with Crippen molar-refractivity contribution < 1.29 is 29.4 Å². The highest BCUT2D eigenvalue weighted by Gasteiger charge is 2.41. The Bertz CT molecular complexity index is 1250. The molecule has 6 nitrogen and oxygen atoms in total. The zero-order chi connectivity index (χ0) is 42.0. The second-order valence-corrected chi connectivity index (χ2v) is 21.8. The molecule has 0 aromatic heterocycles. The molecule has 4 rings (SSSR count). The van der Waals surface area contributed by atoms with Crippen LogP contribution in [0, 0.1) is 80.8 Å². The number of carboxylic acid groups (broad SMARTS) is 2. The Balaban J connectivity index is 0.000000360. The van der Waals surface area contributed by atoms with Crippen molar-refractivity contribution in [2.45, 2.75) is 174 Å². The topological polar surface area (TPSA) is 109 Å². The molecule has 8 unspecified atom stereocenters. The summed E-state index contributed by atoms with van der Waals surface area (Å²) in [6.07, 6.45) is 15.2. The Morgan fingerprint density at radius 3 is 1.22 bits per heavy atom. The fourth-order valence-corrected chi connectivity index (χ4v) is 10.1. The van der Waals surface area contributed by atoms with Gasteiger partial charge in [-0.2, -0.15) is 0 Å². The number of rotatable bonds is 8. The lowest BCUT2D eigenvalue weighted by molar-refractivity contribution is -0.148. The van der Waals surface area contributed by atoms with Gasteiger partial charge >= 0.3 is 11.9 Å². The van der Waals surface area contributed by atoms with Gasteiger partial charge in [-0.1, -0.05) is 107 Å². The van der Waals surface area contributed by atoms with E-state index in [1.165, 1.54) is 37.5 Å². The van der Waals surface area contributed by atoms with E-state index in [1.807, 2.05) is 13.8 Å². The van der Waals surface area contributed by atoms with Crippen LogP contribution in [0.2, 0.25) is 0 Å². The van der Waals surface area contributed by atoms with Crippen LogP contribution in [-0.2, 0) is 19.2 Å². The molecule has 4 fully saturated rings. The highest BCUT2D eigenvalue weighted by molar-refractivity contribution is 5.71. The average molecular weight is 757 g/mol. The van der Waals surface area contributed by atoms with Gasteiger partial charge in [-0.3, -0.25) is 9.59 Å². The lowest BCUT2D eigenvalue weighted by atomic mass is 9.64. The Kier molecular flexibility index (Phi) is 19.2. The molecule has 312 valence electrons. The highest BCUT2D eigenvalue weighted by Crippen LogP contribution is 2.47. The molecule has 0 radical (unpaired) electrons. The van der Waals surface area contributed by atoms with Crippen LogP contribution in [0.25, 0.3) is 0 Å². The van der Waals surface area contributed by atoms with Crippen molar-refractivity contribution in [2.75, 3.05) is 0 Å². The number of hydrogen-bond acceptors (Lipinski definition) is 4. The molecule has 6 heteroatoms. The number of aliphatic carboxylic acids is 2. The summed E-state index contributed by atoms with van der Waals surface area (Å²) < 4.78 is 0. The van der Waals surface area contributed by atoms with E-state index in [2.05, 4.69) is 96.2 Å². The van der Waals surface area contributed by atoms with Gasteiger partial charge in [-0.25, -0.2) is 0 Å². The lowest BCUT2D eigenvalue weighted by Crippen LogP contribution is -2.37. The summed E-state index contributed by atoms with van der Waals surface area (Å²) in [6.45, 7) is 38.3. The summed E-state index contributed by atoms with van der Waals surface area (Å²) >= 11 is 0. The molecule has 0 heterocycles. The van der Waals surface area contributed by atoms with Crippen molar-refractivity contribution in [3.63, 3.8) is 0 Å². The van der Waals surface area contributed by atoms with E-state index < -0.39 is 11.9 Å². The predicted octanol–water partition coefficient (Wildman–Crippen LogP) is 12.7. The van der Waals surface area contributed by atoms with Gasteiger partial charge < -0.3 is 19.8 Å². The molecule has 0 bridgehead atoms.